The van der Waals surface area contributed by atoms with Gasteiger partial charge in [-0.3, -0.25) is 9.48 Å². The number of ketones is 1. The van der Waals surface area contributed by atoms with Crippen LogP contribution in [0.1, 0.15) is 31.4 Å². The third-order valence-corrected chi connectivity index (χ3v) is 2.05. The maximum absolute atomic E-state index is 11.6. The van der Waals surface area contributed by atoms with Crippen LogP contribution < -0.4 is 0 Å². The molecular weight excluding hydrogens is 180 g/mol. The van der Waals surface area contributed by atoms with Crippen LogP contribution in [-0.2, 0) is 16.6 Å². The molecule has 1 unspecified atom stereocenters. The summed E-state index contributed by atoms with van der Waals surface area (Å²) in [6.07, 6.45) is 4.42. The Labute approximate surface area is 83.9 Å². The summed E-state index contributed by atoms with van der Waals surface area (Å²) >= 11 is 0. The first-order valence-corrected chi connectivity index (χ1v) is 4.73. The van der Waals surface area contributed by atoms with Crippen molar-refractivity contribution in [2.24, 2.45) is 7.05 Å². The highest BCUT2D eigenvalue weighted by Gasteiger charge is 2.20. The monoisotopic (exact) mass is 196 g/mol. The Morgan fingerprint density at radius 3 is 2.86 bits per heavy atom. The molecule has 1 aromatic rings. The second-order valence-corrected chi connectivity index (χ2v) is 3.28. The molecule has 78 valence electrons. The zero-order chi connectivity index (χ0) is 10.6. The van der Waals surface area contributed by atoms with Crippen molar-refractivity contribution in [3.8, 4) is 0 Å². The molecule has 0 aliphatic carbocycles. The van der Waals surface area contributed by atoms with Crippen LogP contribution in [0, 0.1) is 0 Å². The summed E-state index contributed by atoms with van der Waals surface area (Å²) in [6, 6.07) is 0. The number of hydrogen-bond acceptors (Lipinski definition) is 3. The third kappa shape index (κ3) is 2.42. The van der Waals surface area contributed by atoms with Gasteiger partial charge < -0.3 is 4.74 Å². The van der Waals surface area contributed by atoms with E-state index >= 15 is 0 Å². The lowest BCUT2D eigenvalue weighted by atomic mass is 10.1. The van der Waals surface area contributed by atoms with Gasteiger partial charge >= 0.3 is 0 Å². The van der Waals surface area contributed by atoms with Gasteiger partial charge in [-0.05, 0) is 6.42 Å². The molecular formula is C10H16N2O2. The Morgan fingerprint density at radius 1 is 1.71 bits per heavy atom. The lowest BCUT2D eigenvalue weighted by Gasteiger charge is -2.11. The number of ether oxygens (including phenoxy) is 1. The number of aromatic nitrogens is 2. The molecule has 0 saturated carbocycles. The smallest absolute Gasteiger partial charge is 0.166 e. The molecule has 0 aliphatic rings. The lowest BCUT2D eigenvalue weighted by molar-refractivity contribution is -0.129. The number of carbonyl (C=O) groups is 1. The number of methoxy groups -OCH3 is 1. The summed E-state index contributed by atoms with van der Waals surface area (Å²) in [5.74, 6) is 0.114. The van der Waals surface area contributed by atoms with Gasteiger partial charge in [0, 0.05) is 32.3 Å². The van der Waals surface area contributed by atoms with E-state index in [4.69, 9.17) is 4.74 Å². The molecule has 0 amide bonds. The topological polar surface area (TPSA) is 44.1 Å². The van der Waals surface area contributed by atoms with Gasteiger partial charge in [-0.2, -0.15) is 5.10 Å². The van der Waals surface area contributed by atoms with E-state index < -0.39 is 6.10 Å². The van der Waals surface area contributed by atoms with Crippen molar-refractivity contribution >= 4 is 5.78 Å². The SMILES string of the molecule is CCCC(=O)C(OC)c1cnn(C)c1. The molecule has 0 spiro atoms. The quantitative estimate of drug-likeness (QED) is 0.716. The van der Waals surface area contributed by atoms with Crippen LogP contribution in [0.5, 0.6) is 0 Å². The largest absolute Gasteiger partial charge is 0.369 e. The van der Waals surface area contributed by atoms with E-state index in [9.17, 15) is 4.79 Å². The maximum Gasteiger partial charge on any atom is 0.166 e. The van der Waals surface area contributed by atoms with Crippen LogP contribution in [0.2, 0.25) is 0 Å². The fourth-order valence-electron chi connectivity index (χ4n) is 1.41. The number of hydrogen-bond donors (Lipinski definition) is 0. The highest BCUT2D eigenvalue weighted by Crippen LogP contribution is 2.18. The average Bonchev–Trinajstić information content (AvgIpc) is 2.54. The van der Waals surface area contributed by atoms with E-state index in [-0.39, 0.29) is 5.78 Å². The second-order valence-electron chi connectivity index (χ2n) is 3.28. The zero-order valence-electron chi connectivity index (χ0n) is 8.86. The van der Waals surface area contributed by atoms with E-state index in [0.717, 1.165) is 12.0 Å². The highest BCUT2D eigenvalue weighted by molar-refractivity contribution is 5.84. The third-order valence-electron chi connectivity index (χ3n) is 2.05. The molecule has 4 nitrogen and oxygen atoms in total. The van der Waals surface area contributed by atoms with Crippen molar-refractivity contribution in [3.05, 3.63) is 18.0 Å². The average molecular weight is 196 g/mol. The summed E-state index contributed by atoms with van der Waals surface area (Å²) in [6.45, 7) is 1.98. The highest BCUT2D eigenvalue weighted by atomic mass is 16.5. The minimum atomic E-state index is -0.455. The standard InChI is InChI=1S/C10H16N2O2/c1-4-5-9(13)10(14-3)8-6-11-12(2)7-8/h6-7,10H,4-5H2,1-3H3. The van der Waals surface area contributed by atoms with Crippen LogP contribution in [0.15, 0.2) is 12.4 Å². The number of carbonyl (C=O) groups excluding carboxylic acids is 1. The zero-order valence-corrected chi connectivity index (χ0v) is 8.86. The van der Waals surface area contributed by atoms with Gasteiger partial charge in [-0.15, -0.1) is 0 Å². The first-order chi connectivity index (χ1) is 6.69. The van der Waals surface area contributed by atoms with Gasteiger partial charge in [-0.25, -0.2) is 0 Å². The molecule has 0 saturated heterocycles. The molecule has 1 rings (SSSR count). The second kappa shape index (κ2) is 4.91. The summed E-state index contributed by atoms with van der Waals surface area (Å²) in [4.78, 5) is 11.6. The van der Waals surface area contributed by atoms with E-state index in [1.54, 1.807) is 18.0 Å². The van der Waals surface area contributed by atoms with E-state index in [2.05, 4.69) is 5.10 Å². The molecule has 0 fully saturated rings. The van der Waals surface area contributed by atoms with Crippen LogP contribution in [0.25, 0.3) is 0 Å². The summed E-state index contributed by atoms with van der Waals surface area (Å²) in [5.41, 5.74) is 0.827. The first-order valence-electron chi connectivity index (χ1n) is 4.73. The molecule has 1 aromatic heterocycles. The Morgan fingerprint density at radius 2 is 2.43 bits per heavy atom. The van der Waals surface area contributed by atoms with Gasteiger partial charge in [0.2, 0.25) is 0 Å². The summed E-state index contributed by atoms with van der Waals surface area (Å²) in [5, 5.41) is 4.01. The van der Waals surface area contributed by atoms with Crippen LogP contribution in [-0.4, -0.2) is 22.7 Å². The van der Waals surface area contributed by atoms with Gasteiger partial charge in [0.1, 0.15) is 6.10 Å². The molecule has 0 bridgehead atoms. The van der Waals surface area contributed by atoms with Crippen molar-refractivity contribution in [2.45, 2.75) is 25.9 Å². The first kappa shape index (κ1) is 10.9. The minimum absolute atomic E-state index is 0.114. The molecule has 0 N–H and O–H groups in total. The minimum Gasteiger partial charge on any atom is -0.369 e. The number of nitrogens with zero attached hydrogens (tertiary/aromatic N) is 2. The van der Waals surface area contributed by atoms with Crippen molar-refractivity contribution in [3.63, 3.8) is 0 Å². The Kier molecular flexibility index (Phi) is 3.83. The number of rotatable bonds is 5. The maximum atomic E-state index is 11.6. The predicted octanol–water partition coefficient (Wildman–Crippen LogP) is 1.48. The van der Waals surface area contributed by atoms with Gasteiger partial charge in [-0.1, -0.05) is 6.92 Å². The Balaban J connectivity index is 2.76. The molecule has 1 atom stereocenters. The summed E-state index contributed by atoms with van der Waals surface area (Å²) < 4.78 is 6.83. The molecule has 0 aliphatic heterocycles. The predicted molar refractivity (Wildman–Crippen MR) is 52.9 cm³/mol. The van der Waals surface area contributed by atoms with Gasteiger partial charge in [0.15, 0.2) is 5.78 Å². The van der Waals surface area contributed by atoms with Crippen LogP contribution in [0.4, 0.5) is 0 Å². The molecule has 14 heavy (non-hydrogen) atoms. The number of Topliss-reactive ketones (excluding diaryl/α,β-unsaturated/α-hetero) is 1. The lowest BCUT2D eigenvalue weighted by Crippen LogP contribution is -2.13. The molecule has 4 heteroatoms. The van der Waals surface area contributed by atoms with Gasteiger partial charge in [0.25, 0.3) is 0 Å². The Hall–Kier alpha value is -1.16. The van der Waals surface area contributed by atoms with Crippen molar-refractivity contribution in [1.29, 1.82) is 0 Å². The van der Waals surface area contributed by atoms with Crippen molar-refractivity contribution in [1.82, 2.24) is 9.78 Å². The van der Waals surface area contributed by atoms with Crippen LogP contribution in [0.3, 0.4) is 0 Å². The summed E-state index contributed by atoms with van der Waals surface area (Å²) in [7, 11) is 3.37. The van der Waals surface area contributed by atoms with Gasteiger partial charge in [0.05, 0.1) is 6.20 Å². The van der Waals surface area contributed by atoms with Crippen molar-refractivity contribution in [2.75, 3.05) is 7.11 Å². The fourth-order valence-corrected chi connectivity index (χ4v) is 1.41. The van der Waals surface area contributed by atoms with Crippen molar-refractivity contribution < 1.29 is 9.53 Å². The van der Waals surface area contributed by atoms with E-state index in [1.807, 2.05) is 20.2 Å². The van der Waals surface area contributed by atoms with E-state index in [0.29, 0.717) is 6.42 Å². The normalized spacial score (nSPS) is 12.8. The fraction of sp³-hybridized carbons (Fsp3) is 0.600. The van der Waals surface area contributed by atoms with Crippen LogP contribution >= 0.6 is 0 Å². The molecule has 0 radical (unpaired) electrons. The van der Waals surface area contributed by atoms with E-state index in [1.165, 1.54) is 0 Å². The molecule has 0 aromatic carbocycles. The molecule has 1 heterocycles. The Bertz CT molecular complexity index is 307. The number of aryl methyl sites for hydroxylation is 1.